The predicted molar refractivity (Wildman–Crippen MR) is 86.8 cm³/mol. The van der Waals surface area contributed by atoms with Crippen LogP contribution < -0.4 is 10.1 Å². The largest absolute Gasteiger partial charge is 0.494 e. The maximum Gasteiger partial charge on any atom is 0.119 e. The van der Waals surface area contributed by atoms with Gasteiger partial charge in [0.05, 0.1) is 6.61 Å². The second-order valence-electron chi connectivity index (χ2n) is 5.66. The third kappa shape index (κ3) is 3.45. The summed E-state index contributed by atoms with van der Waals surface area (Å²) < 4.78 is 5.75. The Hall–Kier alpha value is -1.80. The molecule has 3 rings (SSSR count). The zero-order valence-corrected chi connectivity index (χ0v) is 12.6. The van der Waals surface area contributed by atoms with Crippen molar-refractivity contribution in [2.45, 2.75) is 32.2 Å². The maximum absolute atomic E-state index is 5.75. The first-order chi connectivity index (χ1) is 10.4. The fourth-order valence-electron chi connectivity index (χ4n) is 2.97. The molecule has 2 nitrogen and oxygen atoms in total. The number of hydrogen-bond acceptors (Lipinski definition) is 2. The van der Waals surface area contributed by atoms with E-state index in [1.807, 2.05) is 0 Å². The van der Waals surface area contributed by atoms with Crippen LogP contribution >= 0.6 is 0 Å². The first-order valence-corrected chi connectivity index (χ1v) is 7.89. The molecule has 21 heavy (non-hydrogen) atoms. The summed E-state index contributed by atoms with van der Waals surface area (Å²) in [5, 5.41) is 3.65. The van der Waals surface area contributed by atoms with Crippen molar-refractivity contribution in [2.75, 3.05) is 13.2 Å². The minimum absolute atomic E-state index is 0.413. The van der Waals surface area contributed by atoms with Crippen molar-refractivity contribution in [3.63, 3.8) is 0 Å². The molecule has 0 aromatic heterocycles. The molecule has 1 aliphatic heterocycles. The van der Waals surface area contributed by atoms with Crippen molar-refractivity contribution in [1.29, 1.82) is 0 Å². The molecule has 1 aliphatic rings. The fraction of sp³-hybridized carbons (Fsp3) is 0.368. The quantitative estimate of drug-likeness (QED) is 0.897. The average Bonchev–Trinajstić information content (AvgIpc) is 2.54. The van der Waals surface area contributed by atoms with E-state index in [1.165, 1.54) is 16.7 Å². The van der Waals surface area contributed by atoms with Crippen molar-refractivity contribution >= 4 is 0 Å². The molecule has 0 amide bonds. The molecule has 0 fully saturated rings. The molecule has 0 saturated carbocycles. The third-order valence-corrected chi connectivity index (χ3v) is 4.03. The summed E-state index contributed by atoms with van der Waals surface area (Å²) in [6.45, 7) is 3.98. The second kappa shape index (κ2) is 6.77. The lowest BCUT2D eigenvalue weighted by atomic mass is 9.90. The van der Waals surface area contributed by atoms with Crippen LogP contribution in [0.2, 0.25) is 0 Å². The second-order valence-corrected chi connectivity index (χ2v) is 5.66. The molecule has 0 saturated heterocycles. The lowest BCUT2D eigenvalue weighted by Crippen LogP contribution is -2.31. The highest BCUT2D eigenvalue weighted by atomic mass is 16.5. The van der Waals surface area contributed by atoms with E-state index >= 15 is 0 Å². The molecular formula is C19H23NO. The van der Waals surface area contributed by atoms with Crippen molar-refractivity contribution in [1.82, 2.24) is 5.32 Å². The number of hydrogen-bond donors (Lipinski definition) is 1. The molecule has 0 radical (unpaired) electrons. The van der Waals surface area contributed by atoms with Crippen molar-refractivity contribution in [2.24, 2.45) is 0 Å². The van der Waals surface area contributed by atoms with E-state index in [-0.39, 0.29) is 0 Å². The number of benzene rings is 2. The van der Waals surface area contributed by atoms with E-state index < -0.39 is 0 Å². The van der Waals surface area contributed by atoms with Gasteiger partial charge in [-0.3, -0.25) is 0 Å². The lowest BCUT2D eigenvalue weighted by molar-refractivity contribution is 0.316. The zero-order chi connectivity index (χ0) is 14.5. The number of rotatable bonds is 5. The molecule has 110 valence electrons. The Morgan fingerprint density at radius 1 is 1.14 bits per heavy atom. The maximum atomic E-state index is 5.75. The molecule has 2 heteroatoms. The molecule has 0 spiro atoms. The van der Waals surface area contributed by atoms with Gasteiger partial charge in [-0.25, -0.2) is 0 Å². The van der Waals surface area contributed by atoms with E-state index in [1.54, 1.807) is 0 Å². The van der Waals surface area contributed by atoms with E-state index in [0.717, 1.165) is 38.2 Å². The van der Waals surface area contributed by atoms with Crippen LogP contribution in [0.5, 0.6) is 5.75 Å². The van der Waals surface area contributed by atoms with Gasteiger partial charge in [-0.2, -0.15) is 0 Å². The average molecular weight is 281 g/mol. The van der Waals surface area contributed by atoms with Gasteiger partial charge in [0.15, 0.2) is 0 Å². The van der Waals surface area contributed by atoms with E-state index in [0.29, 0.717) is 6.04 Å². The van der Waals surface area contributed by atoms with Crippen molar-refractivity contribution in [3.8, 4) is 5.75 Å². The van der Waals surface area contributed by atoms with Gasteiger partial charge in [-0.1, -0.05) is 43.3 Å². The van der Waals surface area contributed by atoms with Gasteiger partial charge in [0.1, 0.15) is 5.75 Å². The topological polar surface area (TPSA) is 21.3 Å². The summed E-state index contributed by atoms with van der Waals surface area (Å²) in [7, 11) is 0. The smallest absolute Gasteiger partial charge is 0.119 e. The highest BCUT2D eigenvalue weighted by Gasteiger charge is 2.20. The molecule has 1 N–H and O–H groups in total. The molecule has 2 aromatic rings. The Bertz CT molecular complexity index is 579. The van der Waals surface area contributed by atoms with Crippen LogP contribution in [0, 0.1) is 0 Å². The highest BCUT2D eigenvalue weighted by molar-refractivity contribution is 5.40. The minimum atomic E-state index is 0.413. The van der Waals surface area contributed by atoms with Gasteiger partial charge in [-0.15, -0.1) is 0 Å². The number of ether oxygens (including phenoxy) is 1. The third-order valence-electron chi connectivity index (χ3n) is 4.03. The molecule has 0 aliphatic carbocycles. The van der Waals surface area contributed by atoms with Crippen LogP contribution in [-0.2, 0) is 12.8 Å². The summed E-state index contributed by atoms with van der Waals surface area (Å²) in [6, 6.07) is 17.7. The van der Waals surface area contributed by atoms with E-state index in [4.69, 9.17) is 4.74 Å². The molecule has 2 aromatic carbocycles. The van der Waals surface area contributed by atoms with Gasteiger partial charge < -0.3 is 10.1 Å². The SMILES string of the molecule is CCCOc1ccc2c(c1)CCNC2Cc1ccccc1. The summed E-state index contributed by atoms with van der Waals surface area (Å²) in [4.78, 5) is 0. The van der Waals surface area contributed by atoms with Crippen LogP contribution in [0.15, 0.2) is 48.5 Å². The molecule has 1 unspecified atom stereocenters. The summed E-state index contributed by atoms with van der Waals surface area (Å²) >= 11 is 0. The van der Waals surface area contributed by atoms with Crippen molar-refractivity contribution < 1.29 is 4.74 Å². The van der Waals surface area contributed by atoms with E-state index in [2.05, 4.69) is 60.8 Å². The summed E-state index contributed by atoms with van der Waals surface area (Å²) in [6.07, 6.45) is 3.18. The van der Waals surface area contributed by atoms with Crippen LogP contribution in [0.25, 0.3) is 0 Å². The molecule has 0 bridgehead atoms. The van der Waals surface area contributed by atoms with Crippen molar-refractivity contribution in [3.05, 3.63) is 65.2 Å². The minimum Gasteiger partial charge on any atom is -0.494 e. The van der Waals surface area contributed by atoms with Gasteiger partial charge in [0.2, 0.25) is 0 Å². The normalized spacial score (nSPS) is 17.3. The monoisotopic (exact) mass is 281 g/mol. The van der Waals surface area contributed by atoms with Crippen LogP contribution in [-0.4, -0.2) is 13.2 Å². The first-order valence-electron chi connectivity index (χ1n) is 7.89. The Morgan fingerprint density at radius 2 is 2.00 bits per heavy atom. The molecular weight excluding hydrogens is 258 g/mol. The first kappa shape index (κ1) is 14.2. The Kier molecular flexibility index (Phi) is 4.56. The van der Waals surface area contributed by atoms with Crippen LogP contribution in [0.4, 0.5) is 0 Å². The summed E-state index contributed by atoms with van der Waals surface area (Å²) in [5.41, 5.74) is 4.24. The Balaban J connectivity index is 1.78. The van der Waals surface area contributed by atoms with Gasteiger partial charge in [0, 0.05) is 6.04 Å². The zero-order valence-electron chi connectivity index (χ0n) is 12.6. The lowest BCUT2D eigenvalue weighted by Gasteiger charge is -2.27. The number of nitrogens with one attached hydrogen (secondary N) is 1. The highest BCUT2D eigenvalue weighted by Crippen LogP contribution is 2.29. The summed E-state index contributed by atoms with van der Waals surface area (Å²) in [5.74, 6) is 1.01. The standard InChI is InChI=1S/C19H23NO/c1-2-12-21-17-8-9-18-16(14-17)10-11-20-19(18)13-15-6-4-3-5-7-15/h3-9,14,19-20H,2,10-13H2,1H3. The number of fused-ring (bicyclic) bond motifs is 1. The van der Waals surface area contributed by atoms with Gasteiger partial charge >= 0.3 is 0 Å². The fourth-order valence-corrected chi connectivity index (χ4v) is 2.97. The molecule has 1 atom stereocenters. The predicted octanol–water partition coefficient (Wildman–Crippen LogP) is 3.90. The van der Waals surface area contributed by atoms with E-state index in [9.17, 15) is 0 Å². The van der Waals surface area contributed by atoms with Crippen LogP contribution in [0.1, 0.15) is 36.1 Å². The van der Waals surface area contributed by atoms with Gasteiger partial charge in [-0.05, 0) is 54.6 Å². The van der Waals surface area contributed by atoms with Gasteiger partial charge in [0.25, 0.3) is 0 Å². The van der Waals surface area contributed by atoms with Crippen LogP contribution in [0.3, 0.4) is 0 Å². The molecule has 1 heterocycles. The Labute approximate surface area is 127 Å². The Morgan fingerprint density at radius 3 is 2.81 bits per heavy atom.